The highest BCUT2D eigenvalue weighted by atomic mass is 19.4. The highest BCUT2D eigenvalue weighted by molar-refractivity contribution is 5.89. The van der Waals surface area contributed by atoms with Gasteiger partial charge in [0.05, 0.1) is 0 Å². The number of hydrogen-bond donors (Lipinski definition) is 3. The number of anilines is 1. The van der Waals surface area contributed by atoms with Gasteiger partial charge in [-0.25, -0.2) is 9.18 Å². The van der Waals surface area contributed by atoms with Crippen LogP contribution < -0.4 is 15.4 Å². The maximum Gasteiger partial charge on any atom is 0.422 e. The molecule has 0 saturated heterocycles. The van der Waals surface area contributed by atoms with Crippen LogP contribution in [0.3, 0.4) is 0 Å². The molecule has 1 rings (SSSR count). The van der Waals surface area contributed by atoms with E-state index in [2.05, 4.69) is 15.4 Å². The normalized spacial score (nSPS) is 11.0. The van der Waals surface area contributed by atoms with E-state index in [-0.39, 0.29) is 25.1 Å². The summed E-state index contributed by atoms with van der Waals surface area (Å²) < 4.78 is 53.7. The van der Waals surface area contributed by atoms with Crippen LogP contribution in [0, 0.1) is 5.82 Å². The van der Waals surface area contributed by atoms with Crippen LogP contribution in [0.4, 0.5) is 28.0 Å². The van der Waals surface area contributed by atoms with Gasteiger partial charge in [0.2, 0.25) is 0 Å². The number of nitrogens with one attached hydrogen (secondary N) is 2. The molecule has 0 saturated carbocycles. The minimum atomic E-state index is -4.58. The lowest BCUT2D eigenvalue weighted by molar-refractivity contribution is -0.153. The van der Waals surface area contributed by atoms with E-state index in [1.165, 1.54) is 6.07 Å². The van der Waals surface area contributed by atoms with E-state index in [0.717, 1.165) is 12.1 Å². The van der Waals surface area contributed by atoms with E-state index in [0.29, 0.717) is 0 Å². The number of amides is 2. The highest BCUT2D eigenvalue weighted by Gasteiger charge is 2.28. The summed E-state index contributed by atoms with van der Waals surface area (Å²) in [5, 5.41) is 13.0. The Kier molecular flexibility index (Phi) is 6.61. The molecule has 0 aromatic heterocycles. The van der Waals surface area contributed by atoms with Crippen molar-refractivity contribution in [3.63, 3.8) is 0 Å². The second-order valence-corrected chi connectivity index (χ2v) is 4.43. The molecule has 0 spiro atoms. The summed E-state index contributed by atoms with van der Waals surface area (Å²) >= 11 is 0. The van der Waals surface area contributed by atoms with Crippen molar-refractivity contribution in [3.8, 4) is 5.75 Å². The lowest BCUT2D eigenvalue weighted by atomic mass is 10.3. The minimum absolute atomic E-state index is 0.0117. The summed E-state index contributed by atoms with van der Waals surface area (Å²) in [7, 11) is 0. The van der Waals surface area contributed by atoms with Gasteiger partial charge in [-0.15, -0.1) is 0 Å². The monoisotopic (exact) mass is 338 g/mol. The zero-order valence-corrected chi connectivity index (χ0v) is 11.7. The number of hydrogen-bond acceptors (Lipinski definition) is 3. The molecule has 3 N–H and O–H groups in total. The number of carbonyl (C=O) groups is 2. The maximum absolute atomic E-state index is 13.5. The lowest BCUT2D eigenvalue weighted by Crippen LogP contribution is -2.29. The summed E-state index contributed by atoms with van der Waals surface area (Å²) in [6, 6.07) is 2.24. The van der Waals surface area contributed by atoms with Crippen molar-refractivity contribution in [2.24, 2.45) is 0 Å². The molecule has 0 fully saturated rings. The fourth-order valence-corrected chi connectivity index (χ4v) is 1.47. The van der Waals surface area contributed by atoms with Crippen LogP contribution in [-0.2, 0) is 4.79 Å². The van der Waals surface area contributed by atoms with Crippen LogP contribution in [0.1, 0.15) is 12.8 Å². The van der Waals surface area contributed by atoms with Gasteiger partial charge in [0.1, 0.15) is 0 Å². The quantitative estimate of drug-likeness (QED) is 0.527. The Morgan fingerprint density at radius 3 is 2.52 bits per heavy atom. The van der Waals surface area contributed by atoms with Crippen molar-refractivity contribution in [2.45, 2.75) is 19.0 Å². The third-order valence-corrected chi connectivity index (χ3v) is 2.43. The predicted molar refractivity (Wildman–Crippen MR) is 71.8 cm³/mol. The number of halogens is 4. The number of urea groups is 1. The van der Waals surface area contributed by atoms with Crippen molar-refractivity contribution >= 4 is 17.7 Å². The lowest BCUT2D eigenvalue weighted by Gasteiger charge is -2.11. The van der Waals surface area contributed by atoms with E-state index < -0.39 is 36.4 Å². The Balaban J connectivity index is 2.47. The first-order valence-corrected chi connectivity index (χ1v) is 6.43. The third-order valence-electron chi connectivity index (χ3n) is 2.43. The fourth-order valence-electron chi connectivity index (χ4n) is 1.47. The molecule has 2 amide bonds. The van der Waals surface area contributed by atoms with Crippen LogP contribution >= 0.6 is 0 Å². The molecule has 0 heterocycles. The molecule has 10 heteroatoms. The molecule has 23 heavy (non-hydrogen) atoms. The number of carbonyl (C=O) groups excluding carboxylic acids is 1. The highest BCUT2D eigenvalue weighted by Crippen LogP contribution is 2.23. The van der Waals surface area contributed by atoms with Crippen LogP contribution in [0.2, 0.25) is 0 Å². The molecule has 0 bridgehead atoms. The van der Waals surface area contributed by atoms with E-state index in [1.54, 1.807) is 0 Å². The standard InChI is InChI=1S/C13H14F4N2O4/c14-9-6-8(3-4-10(9)23-7-13(15,16)17)19-12(22)18-5-1-2-11(20)21/h3-4,6H,1-2,5,7H2,(H,20,21)(H2,18,19,22). The minimum Gasteiger partial charge on any atom is -0.481 e. The van der Waals surface area contributed by atoms with E-state index >= 15 is 0 Å². The SMILES string of the molecule is O=C(O)CCCNC(=O)Nc1ccc(OCC(F)(F)F)c(F)c1. The smallest absolute Gasteiger partial charge is 0.422 e. The summed E-state index contributed by atoms with van der Waals surface area (Å²) in [4.78, 5) is 21.7. The number of carboxylic acids is 1. The molecule has 0 radical (unpaired) electrons. The molecule has 6 nitrogen and oxygen atoms in total. The van der Waals surface area contributed by atoms with Crippen molar-refractivity contribution in [3.05, 3.63) is 24.0 Å². The third kappa shape index (κ3) is 7.88. The van der Waals surface area contributed by atoms with Crippen LogP contribution in [0.15, 0.2) is 18.2 Å². The van der Waals surface area contributed by atoms with E-state index in [4.69, 9.17) is 5.11 Å². The van der Waals surface area contributed by atoms with Crippen LogP contribution in [0.5, 0.6) is 5.75 Å². The molecule has 0 aliphatic carbocycles. The van der Waals surface area contributed by atoms with Gasteiger partial charge in [0.15, 0.2) is 18.2 Å². The predicted octanol–water partition coefficient (Wildman–Crippen LogP) is 2.75. The van der Waals surface area contributed by atoms with Gasteiger partial charge in [-0.05, 0) is 18.6 Å². The topological polar surface area (TPSA) is 87.7 Å². The zero-order valence-electron chi connectivity index (χ0n) is 11.7. The molecule has 0 aliphatic rings. The number of benzene rings is 1. The number of carboxylic acid groups (broad SMARTS) is 1. The average molecular weight is 338 g/mol. The Hall–Kier alpha value is -2.52. The Morgan fingerprint density at radius 2 is 1.96 bits per heavy atom. The number of ether oxygens (including phenoxy) is 1. The molecular weight excluding hydrogens is 324 g/mol. The van der Waals surface area contributed by atoms with Crippen molar-refractivity contribution in [1.29, 1.82) is 0 Å². The Bertz CT molecular complexity index is 563. The van der Waals surface area contributed by atoms with Gasteiger partial charge >= 0.3 is 18.2 Å². The van der Waals surface area contributed by atoms with Gasteiger partial charge in [0.25, 0.3) is 0 Å². The zero-order chi connectivity index (χ0) is 17.5. The molecular formula is C13H14F4N2O4. The fraction of sp³-hybridized carbons (Fsp3) is 0.385. The summed E-state index contributed by atoms with van der Waals surface area (Å²) in [5.74, 6) is -2.64. The first-order chi connectivity index (χ1) is 10.7. The molecule has 0 atom stereocenters. The van der Waals surface area contributed by atoms with Crippen molar-refractivity contribution in [1.82, 2.24) is 5.32 Å². The molecule has 128 valence electrons. The van der Waals surface area contributed by atoms with Gasteiger partial charge in [0, 0.05) is 24.7 Å². The van der Waals surface area contributed by atoms with Crippen molar-refractivity contribution < 1.29 is 37.0 Å². The summed E-state index contributed by atoms with van der Waals surface area (Å²) in [6.07, 6.45) is -4.47. The maximum atomic E-state index is 13.5. The van der Waals surface area contributed by atoms with Crippen LogP contribution in [0.25, 0.3) is 0 Å². The van der Waals surface area contributed by atoms with Crippen LogP contribution in [-0.4, -0.2) is 36.4 Å². The van der Waals surface area contributed by atoms with Crippen molar-refractivity contribution in [2.75, 3.05) is 18.5 Å². The van der Waals surface area contributed by atoms with E-state index in [1.807, 2.05) is 0 Å². The largest absolute Gasteiger partial charge is 0.481 e. The van der Waals surface area contributed by atoms with Gasteiger partial charge < -0.3 is 20.5 Å². The molecule has 1 aromatic carbocycles. The van der Waals surface area contributed by atoms with Gasteiger partial charge in [-0.3, -0.25) is 4.79 Å². The summed E-state index contributed by atoms with van der Waals surface area (Å²) in [6.45, 7) is -1.52. The Labute approximate surface area is 128 Å². The second-order valence-electron chi connectivity index (χ2n) is 4.43. The Morgan fingerprint density at radius 1 is 1.26 bits per heavy atom. The van der Waals surface area contributed by atoms with E-state index in [9.17, 15) is 27.2 Å². The first kappa shape index (κ1) is 18.5. The number of rotatable bonds is 7. The van der Waals surface area contributed by atoms with Gasteiger partial charge in [-0.2, -0.15) is 13.2 Å². The molecule has 1 aromatic rings. The molecule has 0 unspecified atom stereocenters. The second kappa shape index (κ2) is 8.20. The first-order valence-electron chi connectivity index (χ1n) is 6.43. The summed E-state index contributed by atoms with van der Waals surface area (Å²) in [5.41, 5.74) is 0.0117. The molecule has 0 aliphatic heterocycles. The van der Waals surface area contributed by atoms with Gasteiger partial charge in [-0.1, -0.05) is 0 Å². The number of aliphatic carboxylic acids is 1. The average Bonchev–Trinajstić information content (AvgIpc) is 2.41. The number of alkyl halides is 3.